The first-order valence-corrected chi connectivity index (χ1v) is 10.3. The highest BCUT2D eigenvalue weighted by molar-refractivity contribution is 6.25. The maximum absolute atomic E-state index is 2.49. The summed E-state index contributed by atoms with van der Waals surface area (Å²) < 4.78 is 0. The molecule has 0 radical (unpaired) electrons. The molecule has 0 heterocycles. The van der Waals surface area contributed by atoms with Crippen LogP contribution < -0.4 is 0 Å². The zero-order valence-electron chi connectivity index (χ0n) is 15.2. The summed E-state index contributed by atoms with van der Waals surface area (Å²) in [6, 6.07) is 23.6. The smallest absolute Gasteiger partial charge is 0.00961 e. The van der Waals surface area contributed by atoms with Gasteiger partial charge in [0.25, 0.3) is 0 Å². The Morgan fingerprint density at radius 3 is 1.27 bits per heavy atom. The van der Waals surface area contributed by atoms with E-state index in [1.165, 1.54) is 70.8 Å². The molecule has 0 amide bonds. The fourth-order valence-electron chi connectivity index (χ4n) is 4.98. The molecule has 0 aliphatic heterocycles. The molecular weight excluding hydrogens is 312 g/mol. The van der Waals surface area contributed by atoms with E-state index in [4.69, 9.17) is 0 Å². The molecule has 0 nitrogen and oxygen atoms in total. The largest absolute Gasteiger partial charge is 0.0616 e. The predicted molar refractivity (Wildman–Crippen MR) is 112 cm³/mol. The van der Waals surface area contributed by atoms with Gasteiger partial charge < -0.3 is 0 Å². The van der Waals surface area contributed by atoms with Crippen molar-refractivity contribution in [3.8, 4) is 0 Å². The van der Waals surface area contributed by atoms with E-state index in [-0.39, 0.29) is 0 Å². The standard InChI is InChI=1S/C26H24/c1-2-10-22-21(9-1)25-15-19(17-5-3-6-17)11-13-23(25)24-14-12-20(16-26(22)24)18-7-4-8-18/h1-2,9-18H,3-8H2. The van der Waals surface area contributed by atoms with Crippen LogP contribution in [0.3, 0.4) is 0 Å². The average molecular weight is 336 g/mol. The lowest BCUT2D eigenvalue weighted by Crippen LogP contribution is -2.08. The van der Waals surface area contributed by atoms with Crippen LogP contribution in [-0.4, -0.2) is 0 Å². The first-order valence-electron chi connectivity index (χ1n) is 10.3. The Morgan fingerprint density at radius 2 is 0.885 bits per heavy atom. The number of fused-ring (bicyclic) bond motifs is 6. The summed E-state index contributed by atoms with van der Waals surface area (Å²) in [5.74, 6) is 1.57. The second kappa shape index (κ2) is 5.58. The van der Waals surface area contributed by atoms with E-state index in [2.05, 4.69) is 60.7 Å². The van der Waals surface area contributed by atoms with Gasteiger partial charge in [0.15, 0.2) is 0 Å². The third-order valence-electron chi connectivity index (χ3n) is 7.04. The lowest BCUT2D eigenvalue weighted by molar-refractivity contribution is 0.420. The Labute approximate surface area is 154 Å². The summed E-state index contributed by atoms with van der Waals surface area (Å²) in [5.41, 5.74) is 3.08. The zero-order chi connectivity index (χ0) is 17.1. The summed E-state index contributed by atoms with van der Waals surface area (Å²) in [4.78, 5) is 0. The van der Waals surface area contributed by atoms with Gasteiger partial charge in [-0.1, -0.05) is 73.5 Å². The van der Waals surface area contributed by atoms with Crippen molar-refractivity contribution in [3.63, 3.8) is 0 Å². The van der Waals surface area contributed by atoms with Gasteiger partial charge in [-0.05, 0) is 81.0 Å². The summed E-state index contributed by atoms with van der Waals surface area (Å²) in [7, 11) is 0. The molecule has 26 heavy (non-hydrogen) atoms. The summed E-state index contributed by atoms with van der Waals surface area (Å²) in [6.07, 6.45) is 8.24. The molecule has 6 rings (SSSR count). The van der Waals surface area contributed by atoms with Crippen molar-refractivity contribution < 1.29 is 0 Å². The Bertz CT molecular complexity index is 1030. The Kier molecular flexibility index (Phi) is 3.17. The lowest BCUT2D eigenvalue weighted by Gasteiger charge is -2.27. The third kappa shape index (κ3) is 2.08. The quantitative estimate of drug-likeness (QED) is 0.329. The van der Waals surface area contributed by atoms with Gasteiger partial charge in [-0.2, -0.15) is 0 Å². The number of hydrogen-bond acceptors (Lipinski definition) is 0. The fourth-order valence-corrected chi connectivity index (χ4v) is 4.98. The minimum Gasteiger partial charge on any atom is -0.0616 e. The highest BCUT2D eigenvalue weighted by atomic mass is 14.3. The van der Waals surface area contributed by atoms with Crippen molar-refractivity contribution in [1.82, 2.24) is 0 Å². The molecule has 0 atom stereocenters. The number of hydrogen-bond donors (Lipinski definition) is 0. The van der Waals surface area contributed by atoms with Gasteiger partial charge in [-0.25, -0.2) is 0 Å². The molecule has 2 fully saturated rings. The van der Waals surface area contributed by atoms with Gasteiger partial charge in [-0.3, -0.25) is 0 Å². The van der Waals surface area contributed by atoms with E-state index in [1.807, 2.05) is 0 Å². The van der Waals surface area contributed by atoms with Crippen LogP contribution in [0, 0.1) is 0 Å². The second-order valence-corrected chi connectivity index (χ2v) is 8.41. The molecule has 128 valence electrons. The summed E-state index contributed by atoms with van der Waals surface area (Å²) in [6.45, 7) is 0. The molecular formula is C26H24. The molecule has 4 aromatic carbocycles. The lowest BCUT2D eigenvalue weighted by atomic mass is 9.78. The average Bonchev–Trinajstić information content (AvgIpc) is 2.59. The van der Waals surface area contributed by atoms with Crippen LogP contribution in [0.15, 0.2) is 60.7 Å². The van der Waals surface area contributed by atoms with Crippen LogP contribution in [0.2, 0.25) is 0 Å². The van der Waals surface area contributed by atoms with Crippen LogP contribution in [0.25, 0.3) is 32.3 Å². The van der Waals surface area contributed by atoms with Gasteiger partial charge in [0, 0.05) is 0 Å². The minimum absolute atomic E-state index is 0.787. The molecule has 2 aliphatic carbocycles. The maximum atomic E-state index is 2.49. The van der Waals surface area contributed by atoms with E-state index in [0.29, 0.717) is 0 Å². The Morgan fingerprint density at radius 1 is 0.462 bits per heavy atom. The molecule has 0 aromatic heterocycles. The zero-order valence-corrected chi connectivity index (χ0v) is 15.2. The van der Waals surface area contributed by atoms with Crippen molar-refractivity contribution in [2.45, 2.75) is 50.4 Å². The topological polar surface area (TPSA) is 0 Å². The maximum Gasteiger partial charge on any atom is -0.00961 e. The molecule has 4 aromatic rings. The minimum atomic E-state index is 0.787. The van der Waals surface area contributed by atoms with Crippen LogP contribution in [0.5, 0.6) is 0 Å². The van der Waals surface area contributed by atoms with Crippen molar-refractivity contribution in [2.75, 3.05) is 0 Å². The van der Waals surface area contributed by atoms with E-state index >= 15 is 0 Å². The van der Waals surface area contributed by atoms with Crippen LogP contribution in [-0.2, 0) is 0 Å². The van der Waals surface area contributed by atoms with Gasteiger partial charge in [0.2, 0.25) is 0 Å². The van der Waals surface area contributed by atoms with Crippen molar-refractivity contribution >= 4 is 32.3 Å². The predicted octanol–water partition coefficient (Wildman–Crippen LogP) is 7.68. The molecule has 0 heteroatoms. The molecule has 2 saturated carbocycles. The Balaban J connectivity index is 1.69. The second-order valence-electron chi connectivity index (χ2n) is 8.41. The highest BCUT2D eigenvalue weighted by Gasteiger charge is 2.22. The molecule has 0 bridgehead atoms. The molecule has 0 unspecified atom stereocenters. The van der Waals surface area contributed by atoms with Gasteiger partial charge in [0.05, 0.1) is 0 Å². The highest BCUT2D eigenvalue weighted by Crippen LogP contribution is 2.43. The molecule has 0 saturated heterocycles. The van der Waals surface area contributed by atoms with Crippen molar-refractivity contribution in [3.05, 3.63) is 71.8 Å². The third-order valence-corrected chi connectivity index (χ3v) is 7.04. The van der Waals surface area contributed by atoms with Gasteiger partial charge in [0.1, 0.15) is 0 Å². The molecule has 0 N–H and O–H groups in total. The van der Waals surface area contributed by atoms with Gasteiger partial charge >= 0.3 is 0 Å². The van der Waals surface area contributed by atoms with Crippen LogP contribution >= 0.6 is 0 Å². The molecule has 2 aliphatic rings. The van der Waals surface area contributed by atoms with Gasteiger partial charge in [-0.15, -0.1) is 0 Å². The number of rotatable bonds is 2. The van der Waals surface area contributed by atoms with E-state index in [0.717, 1.165) is 11.8 Å². The van der Waals surface area contributed by atoms with Crippen LogP contribution in [0.4, 0.5) is 0 Å². The Hall–Kier alpha value is -2.34. The van der Waals surface area contributed by atoms with E-state index in [9.17, 15) is 0 Å². The van der Waals surface area contributed by atoms with E-state index in [1.54, 1.807) is 11.1 Å². The van der Waals surface area contributed by atoms with Crippen molar-refractivity contribution in [1.29, 1.82) is 0 Å². The van der Waals surface area contributed by atoms with Crippen LogP contribution in [0.1, 0.15) is 61.5 Å². The first-order chi connectivity index (χ1) is 12.9. The van der Waals surface area contributed by atoms with E-state index < -0.39 is 0 Å². The SMILES string of the molecule is c1ccc2c(c1)c1cc(C3CCC3)ccc1c1ccc(C3CCC3)cc21. The normalized spacial score (nSPS) is 18.3. The fraction of sp³-hybridized carbons (Fsp3) is 0.308. The number of benzene rings is 4. The first kappa shape index (κ1) is 14.8. The summed E-state index contributed by atoms with van der Waals surface area (Å²) in [5, 5.41) is 8.55. The monoisotopic (exact) mass is 336 g/mol. The van der Waals surface area contributed by atoms with Crippen molar-refractivity contribution in [2.24, 2.45) is 0 Å². The summed E-state index contributed by atoms with van der Waals surface area (Å²) >= 11 is 0. The molecule has 0 spiro atoms.